The summed E-state index contributed by atoms with van der Waals surface area (Å²) in [6.07, 6.45) is 4.52. The van der Waals surface area contributed by atoms with Gasteiger partial charge in [-0.15, -0.1) is 13.2 Å². The molecule has 0 aromatic heterocycles. The molecule has 34 heavy (non-hydrogen) atoms. The molecule has 0 saturated carbocycles. The second kappa shape index (κ2) is 14.8. The molecule has 2 heterocycles. The lowest BCUT2D eigenvalue weighted by Crippen LogP contribution is -2.50. The van der Waals surface area contributed by atoms with Gasteiger partial charge in [-0.3, -0.25) is 4.79 Å². The molecule has 0 radical (unpaired) electrons. The minimum Gasteiger partial charge on any atom is -0.463 e. The van der Waals surface area contributed by atoms with E-state index in [1.807, 2.05) is 32.0 Å². The van der Waals surface area contributed by atoms with Crippen LogP contribution in [0.25, 0.3) is 0 Å². The van der Waals surface area contributed by atoms with Crippen LogP contribution < -0.4 is 5.32 Å². The lowest BCUT2D eigenvalue weighted by atomic mass is 9.76. The van der Waals surface area contributed by atoms with Gasteiger partial charge in [-0.05, 0) is 36.8 Å². The van der Waals surface area contributed by atoms with Gasteiger partial charge in [-0.1, -0.05) is 62.8 Å². The number of nitrogens with one attached hydrogen (secondary N) is 1. The second-order valence-corrected chi connectivity index (χ2v) is 8.61. The molecule has 4 nitrogen and oxygen atoms in total. The predicted octanol–water partition coefficient (Wildman–Crippen LogP) is 6.56. The molecule has 1 N–H and O–H groups in total. The van der Waals surface area contributed by atoms with Crippen molar-refractivity contribution in [3.8, 4) is 0 Å². The fourth-order valence-corrected chi connectivity index (χ4v) is 4.61. The third-order valence-electron chi connectivity index (χ3n) is 6.24. The Morgan fingerprint density at radius 2 is 1.97 bits per heavy atom. The average Bonchev–Trinajstić information content (AvgIpc) is 2.87. The fraction of sp³-hybridized carbons (Fsp3) is 0.536. The molecule has 0 spiro atoms. The van der Waals surface area contributed by atoms with Crippen molar-refractivity contribution in [1.82, 2.24) is 5.32 Å². The highest BCUT2D eigenvalue weighted by Gasteiger charge is 2.42. The number of fused-ring (bicyclic) bond motifs is 1. The molecule has 1 aromatic carbocycles. The van der Waals surface area contributed by atoms with Crippen molar-refractivity contribution in [3.05, 3.63) is 72.4 Å². The lowest BCUT2D eigenvalue weighted by Gasteiger charge is -2.46. The molecule has 0 bridgehead atoms. The van der Waals surface area contributed by atoms with Gasteiger partial charge in [-0.2, -0.15) is 0 Å². The van der Waals surface area contributed by atoms with Gasteiger partial charge in [0.1, 0.15) is 6.61 Å². The fourth-order valence-electron chi connectivity index (χ4n) is 4.61. The smallest absolute Gasteiger partial charge is 0.305 e. The van der Waals surface area contributed by atoms with Crippen LogP contribution >= 0.6 is 0 Å². The summed E-state index contributed by atoms with van der Waals surface area (Å²) in [6, 6.07) is 10.3. The van der Waals surface area contributed by atoms with Crippen molar-refractivity contribution in [2.45, 2.75) is 77.0 Å². The highest BCUT2D eigenvalue weighted by Crippen LogP contribution is 2.41. The summed E-state index contributed by atoms with van der Waals surface area (Å²) in [5, 5.41) is 3.55. The second-order valence-electron chi connectivity index (χ2n) is 8.61. The summed E-state index contributed by atoms with van der Waals surface area (Å²) in [6.45, 7) is 10.6. The van der Waals surface area contributed by atoms with Gasteiger partial charge in [0.2, 0.25) is 0 Å². The zero-order chi connectivity index (χ0) is 24.9. The first-order valence-electron chi connectivity index (χ1n) is 12.3. The number of allylic oxidation sites excluding steroid dienone is 3. The first-order chi connectivity index (χ1) is 16.5. The summed E-state index contributed by atoms with van der Waals surface area (Å²) in [5.74, 6) is -0.0725. The number of hydrogen-bond donors (Lipinski definition) is 1. The zero-order valence-electron chi connectivity index (χ0n) is 20.5. The molecule has 2 aliphatic heterocycles. The van der Waals surface area contributed by atoms with E-state index < -0.39 is 6.43 Å². The standard InChI is InChI=1S/C26H35F2NO3.C2H4/c1-3-5-12-23(30)31-17-21-13-14-22-24(18-10-7-6-8-11-18)29-16-20(25(22)32-21)15-19(9-4-2)26(27)28;1-2/h6-11,15,21-22,24-26,29H,3-5,12-14,16-17H2,1-2H3;1-2H2/b19-9+,20-15+;. The molecule has 0 amide bonds. The van der Waals surface area contributed by atoms with Crippen molar-refractivity contribution in [2.75, 3.05) is 13.2 Å². The Morgan fingerprint density at radius 1 is 1.24 bits per heavy atom. The molecule has 4 atom stereocenters. The molecule has 188 valence electrons. The quantitative estimate of drug-likeness (QED) is 0.325. The van der Waals surface area contributed by atoms with Crippen LogP contribution in [-0.2, 0) is 14.3 Å². The molecule has 6 heteroatoms. The highest BCUT2D eigenvalue weighted by atomic mass is 19.3. The van der Waals surface area contributed by atoms with Gasteiger partial charge in [0.15, 0.2) is 0 Å². The Kier molecular flexibility index (Phi) is 12.2. The first kappa shape index (κ1) is 27.9. The van der Waals surface area contributed by atoms with Gasteiger partial charge in [0.05, 0.1) is 12.2 Å². The molecular formula is C28H39F2NO3. The van der Waals surface area contributed by atoms with Gasteiger partial charge >= 0.3 is 5.97 Å². The topological polar surface area (TPSA) is 47.6 Å². The summed E-state index contributed by atoms with van der Waals surface area (Å²) in [5.41, 5.74) is 2.05. The summed E-state index contributed by atoms with van der Waals surface area (Å²) >= 11 is 0. The van der Waals surface area contributed by atoms with Gasteiger partial charge < -0.3 is 14.8 Å². The Morgan fingerprint density at radius 3 is 2.62 bits per heavy atom. The van der Waals surface area contributed by atoms with E-state index in [0.29, 0.717) is 19.4 Å². The van der Waals surface area contributed by atoms with Crippen LogP contribution in [0, 0.1) is 5.92 Å². The normalized spacial score (nSPS) is 25.9. The van der Waals surface area contributed by atoms with Crippen molar-refractivity contribution in [3.63, 3.8) is 0 Å². The third kappa shape index (κ3) is 7.88. The van der Waals surface area contributed by atoms with Crippen molar-refractivity contribution in [1.29, 1.82) is 0 Å². The molecule has 2 aliphatic rings. The number of piperidine rings is 1. The zero-order valence-corrected chi connectivity index (χ0v) is 20.5. The number of rotatable bonds is 9. The van der Waals surface area contributed by atoms with Crippen molar-refractivity contribution < 1.29 is 23.0 Å². The SMILES string of the molecule is C=C.CC/C=C(\C=C1/CNC(c2ccccc2)C2CCC(COC(=O)CCCC)OC12)C(F)F. The van der Waals surface area contributed by atoms with Crippen LogP contribution in [0.3, 0.4) is 0 Å². The van der Waals surface area contributed by atoms with Crippen LogP contribution in [0.5, 0.6) is 0 Å². The number of halogens is 2. The predicted molar refractivity (Wildman–Crippen MR) is 133 cm³/mol. The van der Waals surface area contributed by atoms with E-state index in [4.69, 9.17) is 9.47 Å². The molecular weight excluding hydrogens is 436 g/mol. The largest absolute Gasteiger partial charge is 0.463 e. The van der Waals surface area contributed by atoms with E-state index in [0.717, 1.165) is 31.3 Å². The summed E-state index contributed by atoms with van der Waals surface area (Å²) in [4.78, 5) is 11.9. The van der Waals surface area contributed by atoms with Crippen LogP contribution in [0.2, 0.25) is 0 Å². The third-order valence-corrected chi connectivity index (χ3v) is 6.24. The number of carbonyl (C=O) groups is 1. The number of benzene rings is 1. The van der Waals surface area contributed by atoms with Crippen LogP contribution in [0.4, 0.5) is 8.78 Å². The van der Waals surface area contributed by atoms with Gasteiger partial charge in [-0.25, -0.2) is 8.78 Å². The maximum Gasteiger partial charge on any atom is 0.305 e. The Bertz CT molecular complexity index is 809. The van der Waals surface area contributed by atoms with Crippen LogP contribution in [-0.4, -0.2) is 37.8 Å². The van der Waals surface area contributed by atoms with E-state index >= 15 is 0 Å². The number of carbonyl (C=O) groups excluding carboxylic acids is 1. The molecule has 2 saturated heterocycles. The van der Waals surface area contributed by atoms with E-state index in [-0.39, 0.29) is 42.3 Å². The molecule has 1 aromatic rings. The van der Waals surface area contributed by atoms with Gasteiger partial charge in [0, 0.05) is 30.5 Å². The Balaban J connectivity index is 0.00000199. The number of esters is 1. The average molecular weight is 476 g/mol. The summed E-state index contributed by atoms with van der Waals surface area (Å²) < 4.78 is 39.0. The summed E-state index contributed by atoms with van der Waals surface area (Å²) in [7, 11) is 0. The monoisotopic (exact) mass is 475 g/mol. The number of ether oxygens (including phenoxy) is 2. The van der Waals surface area contributed by atoms with E-state index in [1.165, 1.54) is 5.56 Å². The van der Waals surface area contributed by atoms with Crippen molar-refractivity contribution in [2.24, 2.45) is 5.92 Å². The van der Waals surface area contributed by atoms with Crippen molar-refractivity contribution >= 4 is 5.97 Å². The maximum atomic E-state index is 13.6. The van der Waals surface area contributed by atoms with E-state index in [1.54, 1.807) is 12.2 Å². The molecule has 0 aliphatic carbocycles. The number of alkyl halides is 2. The van der Waals surface area contributed by atoms with E-state index in [9.17, 15) is 13.6 Å². The maximum absolute atomic E-state index is 13.6. The minimum atomic E-state index is -2.52. The van der Waals surface area contributed by atoms with Gasteiger partial charge in [0.25, 0.3) is 6.43 Å². The first-order valence-corrected chi connectivity index (χ1v) is 12.3. The Hall–Kier alpha value is -2.31. The molecule has 2 fully saturated rings. The minimum absolute atomic E-state index is 0.0397. The number of hydrogen-bond acceptors (Lipinski definition) is 4. The van der Waals surface area contributed by atoms with Crippen LogP contribution in [0.1, 0.15) is 64.0 Å². The van der Waals surface area contributed by atoms with E-state index in [2.05, 4.69) is 30.6 Å². The lowest BCUT2D eigenvalue weighted by molar-refractivity contribution is -0.155. The number of unbranched alkanes of at least 4 members (excludes halogenated alkanes) is 1. The van der Waals surface area contributed by atoms with Crippen LogP contribution in [0.15, 0.2) is 66.8 Å². The molecule has 4 unspecified atom stereocenters. The molecule has 3 rings (SSSR count). The Labute approximate surface area is 203 Å². The highest BCUT2D eigenvalue weighted by molar-refractivity contribution is 5.69.